The van der Waals surface area contributed by atoms with E-state index < -0.39 is 5.54 Å². The molecule has 112 valence electrons. The highest BCUT2D eigenvalue weighted by Gasteiger charge is 2.32. The van der Waals surface area contributed by atoms with Crippen molar-refractivity contribution in [1.82, 2.24) is 4.90 Å². The molecule has 1 aliphatic rings. The molecule has 0 bridgehead atoms. The topological polar surface area (TPSA) is 64.8 Å². The Morgan fingerprint density at radius 2 is 2.21 bits per heavy atom. The SMILES string of the molecule is COC(=O)C(C)(N)CCCN1CC(C)OC(C)(C)C1. The summed E-state index contributed by atoms with van der Waals surface area (Å²) in [7, 11) is 1.37. The quantitative estimate of drug-likeness (QED) is 0.761. The van der Waals surface area contributed by atoms with Crippen LogP contribution >= 0.6 is 0 Å². The largest absolute Gasteiger partial charge is 0.468 e. The van der Waals surface area contributed by atoms with Crippen LogP contribution in [0.3, 0.4) is 0 Å². The molecule has 19 heavy (non-hydrogen) atoms. The predicted molar refractivity (Wildman–Crippen MR) is 74.9 cm³/mol. The van der Waals surface area contributed by atoms with Gasteiger partial charge in [0, 0.05) is 13.1 Å². The first-order valence-electron chi connectivity index (χ1n) is 6.94. The molecule has 1 saturated heterocycles. The molecule has 0 spiro atoms. The summed E-state index contributed by atoms with van der Waals surface area (Å²) in [5.74, 6) is -0.344. The van der Waals surface area contributed by atoms with Crippen molar-refractivity contribution >= 4 is 5.97 Å². The lowest BCUT2D eigenvalue weighted by Gasteiger charge is -2.42. The van der Waals surface area contributed by atoms with E-state index in [1.165, 1.54) is 7.11 Å². The molecule has 0 aromatic heterocycles. The molecule has 0 aromatic rings. The number of methoxy groups -OCH3 is 1. The Balaban J connectivity index is 2.39. The smallest absolute Gasteiger partial charge is 0.325 e. The summed E-state index contributed by atoms with van der Waals surface area (Å²) < 4.78 is 10.6. The van der Waals surface area contributed by atoms with Gasteiger partial charge in [0.05, 0.1) is 18.8 Å². The number of rotatable bonds is 5. The minimum absolute atomic E-state index is 0.105. The van der Waals surface area contributed by atoms with Crippen LogP contribution in [0.4, 0.5) is 0 Å². The van der Waals surface area contributed by atoms with Crippen LogP contribution in [0.25, 0.3) is 0 Å². The van der Waals surface area contributed by atoms with E-state index in [2.05, 4.69) is 25.7 Å². The van der Waals surface area contributed by atoms with E-state index in [9.17, 15) is 4.79 Å². The number of esters is 1. The first-order chi connectivity index (χ1) is 8.66. The van der Waals surface area contributed by atoms with Gasteiger partial charge in [-0.1, -0.05) is 0 Å². The van der Waals surface area contributed by atoms with Crippen LogP contribution < -0.4 is 5.73 Å². The lowest BCUT2D eigenvalue weighted by atomic mass is 9.96. The lowest BCUT2D eigenvalue weighted by molar-refractivity contribution is -0.147. The van der Waals surface area contributed by atoms with Gasteiger partial charge < -0.3 is 15.2 Å². The molecule has 5 heteroatoms. The second kappa shape index (κ2) is 6.20. The molecule has 0 radical (unpaired) electrons. The molecule has 2 unspecified atom stereocenters. The Morgan fingerprint density at radius 3 is 2.74 bits per heavy atom. The van der Waals surface area contributed by atoms with Crippen LogP contribution in [0.1, 0.15) is 40.5 Å². The fourth-order valence-corrected chi connectivity index (χ4v) is 2.76. The Labute approximate surface area is 116 Å². The minimum atomic E-state index is -0.887. The number of morpholine rings is 1. The normalized spacial score (nSPS) is 26.7. The molecule has 0 aromatic carbocycles. The van der Waals surface area contributed by atoms with Gasteiger partial charge in [0.25, 0.3) is 0 Å². The predicted octanol–water partition coefficient (Wildman–Crippen LogP) is 1.16. The molecule has 0 aliphatic carbocycles. The number of ether oxygens (including phenoxy) is 2. The standard InChI is InChI=1S/C14H28N2O3/c1-11-9-16(10-13(2,3)19-11)8-6-7-14(4,15)12(17)18-5/h11H,6-10,15H2,1-5H3. The molecule has 0 saturated carbocycles. The molecule has 1 fully saturated rings. The molecule has 2 N–H and O–H groups in total. The highest BCUT2D eigenvalue weighted by atomic mass is 16.5. The minimum Gasteiger partial charge on any atom is -0.468 e. The van der Waals surface area contributed by atoms with Crippen LogP contribution in [0, 0.1) is 0 Å². The summed E-state index contributed by atoms with van der Waals surface area (Å²) in [4.78, 5) is 13.9. The zero-order valence-corrected chi connectivity index (χ0v) is 12.9. The zero-order chi connectivity index (χ0) is 14.7. The number of hydrogen-bond acceptors (Lipinski definition) is 5. The third-order valence-corrected chi connectivity index (χ3v) is 3.46. The van der Waals surface area contributed by atoms with Gasteiger partial charge in [-0.15, -0.1) is 0 Å². The van der Waals surface area contributed by atoms with Crippen molar-refractivity contribution in [3.63, 3.8) is 0 Å². The summed E-state index contributed by atoms with van der Waals surface area (Å²) in [5.41, 5.74) is 4.96. The van der Waals surface area contributed by atoms with Crippen LogP contribution in [-0.2, 0) is 14.3 Å². The van der Waals surface area contributed by atoms with Gasteiger partial charge in [-0.25, -0.2) is 0 Å². The molecule has 1 aliphatic heterocycles. The van der Waals surface area contributed by atoms with E-state index in [1.54, 1.807) is 6.92 Å². The average Bonchev–Trinajstić information content (AvgIpc) is 2.24. The number of nitrogens with two attached hydrogens (primary N) is 1. The highest BCUT2D eigenvalue weighted by Crippen LogP contribution is 2.21. The fraction of sp³-hybridized carbons (Fsp3) is 0.929. The maximum absolute atomic E-state index is 11.5. The molecule has 1 rings (SSSR count). The number of carbonyl (C=O) groups is 1. The average molecular weight is 272 g/mol. The first-order valence-corrected chi connectivity index (χ1v) is 6.94. The maximum atomic E-state index is 11.5. The maximum Gasteiger partial charge on any atom is 0.325 e. The fourth-order valence-electron chi connectivity index (χ4n) is 2.76. The molecule has 1 heterocycles. The second-order valence-corrected chi connectivity index (χ2v) is 6.44. The summed E-state index contributed by atoms with van der Waals surface area (Å²) in [6, 6.07) is 0. The number of carbonyl (C=O) groups excluding carboxylic acids is 1. The Morgan fingerprint density at radius 1 is 1.58 bits per heavy atom. The van der Waals surface area contributed by atoms with Crippen molar-refractivity contribution in [2.24, 2.45) is 5.73 Å². The lowest BCUT2D eigenvalue weighted by Crippen LogP contribution is -2.52. The highest BCUT2D eigenvalue weighted by molar-refractivity contribution is 5.79. The first kappa shape index (κ1) is 16.4. The van der Waals surface area contributed by atoms with Crippen LogP contribution in [-0.4, -0.2) is 54.9 Å². The van der Waals surface area contributed by atoms with Gasteiger partial charge in [0.2, 0.25) is 0 Å². The van der Waals surface area contributed by atoms with Crippen molar-refractivity contribution < 1.29 is 14.3 Å². The second-order valence-electron chi connectivity index (χ2n) is 6.44. The van der Waals surface area contributed by atoms with Gasteiger partial charge in [-0.3, -0.25) is 9.69 Å². The Bertz CT molecular complexity index is 316. The van der Waals surface area contributed by atoms with E-state index in [1.807, 2.05) is 0 Å². The van der Waals surface area contributed by atoms with Gasteiger partial charge in [0.15, 0.2) is 0 Å². The van der Waals surface area contributed by atoms with Crippen molar-refractivity contribution in [3.05, 3.63) is 0 Å². The van der Waals surface area contributed by atoms with Gasteiger partial charge in [-0.2, -0.15) is 0 Å². The van der Waals surface area contributed by atoms with Crippen molar-refractivity contribution in [1.29, 1.82) is 0 Å². The van der Waals surface area contributed by atoms with Crippen LogP contribution in [0.2, 0.25) is 0 Å². The van der Waals surface area contributed by atoms with Gasteiger partial charge in [0.1, 0.15) is 5.54 Å². The van der Waals surface area contributed by atoms with Crippen molar-refractivity contribution in [2.75, 3.05) is 26.7 Å². The van der Waals surface area contributed by atoms with Crippen molar-refractivity contribution in [2.45, 2.75) is 57.8 Å². The summed E-state index contributed by atoms with van der Waals surface area (Å²) in [6.45, 7) is 10.8. The van der Waals surface area contributed by atoms with E-state index in [0.29, 0.717) is 6.42 Å². The van der Waals surface area contributed by atoms with Crippen molar-refractivity contribution in [3.8, 4) is 0 Å². The van der Waals surface area contributed by atoms with E-state index in [4.69, 9.17) is 15.2 Å². The Kier molecular flexibility index (Phi) is 5.35. The molecule has 0 amide bonds. The van der Waals surface area contributed by atoms with Crippen LogP contribution in [0.5, 0.6) is 0 Å². The summed E-state index contributed by atoms with van der Waals surface area (Å²) >= 11 is 0. The molecule has 2 atom stereocenters. The van der Waals surface area contributed by atoms with E-state index >= 15 is 0 Å². The monoisotopic (exact) mass is 272 g/mol. The number of nitrogens with zero attached hydrogens (tertiary/aromatic N) is 1. The molecular weight excluding hydrogens is 244 g/mol. The van der Waals surface area contributed by atoms with Gasteiger partial charge >= 0.3 is 5.97 Å². The third-order valence-electron chi connectivity index (χ3n) is 3.46. The number of hydrogen-bond donors (Lipinski definition) is 1. The van der Waals surface area contributed by atoms with Gasteiger partial charge in [-0.05, 0) is 47.1 Å². The van der Waals surface area contributed by atoms with E-state index in [-0.39, 0.29) is 17.7 Å². The van der Waals surface area contributed by atoms with Crippen LogP contribution in [0.15, 0.2) is 0 Å². The Hall–Kier alpha value is -0.650. The summed E-state index contributed by atoms with van der Waals surface area (Å²) in [6.07, 6.45) is 1.75. The molecule has 5 nitrogen and oxygen atoms in total. The van der Waals surface area contributed by atoms with E-state index in [0.717, 1.165) is 26.1 Å². The summed E-state index contributed by atoms with van der Waals surface area (Å²) in [5, 5.41) is 0. The third kappa shape index (κ3) is 5.09. The zero-order valence-electron chi connectivity index (χ0n) is 12.9. The molecular formula is C14H28N2O3.